The monoisotopic (exact) mass is 278 g/mol. The van der Waals surface area contributed by atoms with E-state index in [9.17, 15) is 10.1 Å². The highest BCUT2D eigenvalue weighted by molar-refractivity contribution is 5.44. The largest absolute Gasteiger partial charge is 0.370 e. The van der Waals surface area contributed by atoms with Gasteiger partial charge in [-0.1, -0.05) is 6.92 Å². The highest BCUT2D eigenvalue weighted by atomic mass is 16.6. The molecule has 0 atom stereocenters. The molecule has 0 saturated carbocycles. The predicted octanol–water partition coefficient (Wildman–Crippen LogP) is 2.44. The molecule has 1 saturated heterocycles. The number of aromatic nitrogens is 1. The van der Waals surface area contributed by atoms with Crippen molar-refractivity contribution in [3.8, 4) is 0 Å². The molecule has 1 aliphatic heterocycles. The zero-order valence-electron chi connectivity index (χ0n) is 12.1. The van der Waals surface area contributed by atoms with E-state index in [1.165, 1.54) is 18.9 Å². The molecule has 2 heterocycles. The summed E-state index contributed by atoms with van der Waals surface area (Å²) in [6.45, 7) is 8.21. The predicted molar refractivity (Wildman–Crippen MR) is 79.0 cm³/mol. The van der Waals surface area contributed by atoms with Gasteiger partial charge in [0.25, 0.3) is 5.69 Å². The van der Waals surface area contributed by atoms with Crippen LogP contribution in [0.15, 0.2) is 12.1 Å². The van der Waals surface area contributed by atoms with Crippen molar-refractivity contribution in [2.45, 2.75) is 26.7 Å². The van der Waals surface area contributed by atoms with E-state index in [-0.39, 0.29) is 5.69 Å². The fourth-order valence-electron chi connectivity index (χ4n) is 2.60. The zero-order valence-corrected chi connectivity index (χ0v) is 12.1. The van der Waals surface area contributed by atoms with Crippen LogP contribution >= 0.6 is 0 Å². The maximum atomic E-state index is 10.7. The second-order valence-corrected chi connectivity index (χ2v) is 5.32. The van der Waals surface area contributed by atoms with Crippen LogP contribution in [0.1, 0.15) is 25.5 Å². The Morgan fingerprint density at radius 3 is 2.70 bits per heavy atom. The Bertz CT molecular complexity index is 470. The first kappa shape index (κ1) is 14.7. The molecule has 6 heteroatoms. The molecule has 0 amide bonds. The molecule has 0 unspecified atom stereocenters. The lowest BCUT2D eigenvalue weighted by molar-refractivity contribution is -0.385. The van der Waals surface area contributed by atoms with Crippen LogP contribution in [0.3, 0.4) is 0 Å². The molecule has 20 heavy (non-hydrogen) atoms. The Kier molecular flexibility index (Phi) is 4.89. The summed E-state index contributed by atoms with van der Waals surface area (Å²) < 4.78 is 0. The van der Waals surface area contributed by atoms with Crippen molar-refractivity contribution < 1.29 is 4.92 Å². The van der Waals surface area contributed by atoms with E-state index in [1.807, 2.05) is 0 Å². The van der Waals surface area contributed by atoms with E-state index in [4.69, 9.17) is 0 Å². The van der Waals surface area contributed by atoms with E-state index in [2.05, 4.69) is 22.1 Å². The Balaban J connectivity index is 1.85. The smallest absolute Gasteiger partial charge is 0.290 e. The molecule has 110 valence electrons. The van der Waals surface area contributed by atoms with E-state index in [0.29, 0.717) is 11.6 Å². The lowest BCUT2D eigenvalue weighted by atomic mass is 9.97. The maximum Gasteiger partial charge on any atom is 0.290 e. The van der Waals surface area contributed by atoms with Gasteiger partial charge in [-0.25, -0.2) is 4.98 Å². The molecule has 0 aliphatic carbocycles. The number of hydrogen-bond acceptors (Lipinski definition) is 5. The first-order valence-corrected chi connectivity index (χ1v) is 7.18. The summed E-state index contributed by atoms with van der Waals surface area (Å²) >= 11 is 0. The van der Waals surface area contributed by atoms with Crippen LogP contribution in [-0.2, 0) is 0 Å². The van der Waals surface area contributed by atoms with Gasteiger partial charge in [0.05, 0.1) is 4.92 Å². The summed E-state index contributed by atoms with van der Waals surface area (Å²) in [6.07, 6.45) is 2.40. The van der Waals surface area contributed by atoms with Crippen molar-refractivity contribution >= 4 is 11.5 Å². The number of rotatable bonds is 5. The molecule has 2 rings (SSSR count). The molecule has 0 aromatic carbocycles. The van der Waals surface area contributed by atoms with E-state index in [1.54, 1.807) is 13.0 Å². The molecule has 0 radical (unpaired) electrons. The van der Waals surface area contributed by atoms with E-state index >= 15 is 0 Å². The number of nitrogens with zero attached hydrogens (tertiary/aromatic N) is 3. The van der Waals surface area contributed by atoms with Crippen LogP contribution in [0.25, 0.3) is 0 Å². The Morgan fingerprint density at radius 1 is 1.45 bits per heavy atom. The second kappa shape index (κ2) is 6.65. The van der Waals surface area contributed by atoms with Crippen LogP contribution in [-0.4, -0.2) is 41.0 Å². The van der Waals surface area contributed by atoms with Gasteiger partial charge in [0.1, 0.15) is 11.5 Å². The van der Waals surface area contributed by atoms with Gasteiger partial charge < -0.3 is 10.2 Å². The minimum Gasteiger partial charge on any atom is -0.370 e. The molecule has 1 N–H and O–H groups in total. The van der Waals surface area contributed by atoms with Crippen molar-refractivity contribution in [2.24, 2.45) is 5.92 Å². The molecule has 1 aromatic heterocycles. The molecule has 0 bridgehead atoms. The van der Waals surface area contributed by atoms with E-state index in [0.717, 1.165) is 32.0 Å². The maximum absolute atomic E-state index is 10.7. The van der Waals surface area contributed by atoms with Gasteiger partial charge in [-0.3, -0.25) is 10.1 Å². The fraction of sp³-hybridized carbons (Fsp3) is 0.643. The Hall–Kier alpha value is -1.69. The van der Waals surface area contributed by atoms with Crippen molar-refractivity contribution in [3.05, 3.63) is 27.9 Å². The average Bonchev–Trinajstić information content (AvgIpc) is 2.45. The topological polar surface area (TPSA) is 71.3 Å². The zero-order chi connectivity index (χ0) is 14.5. The first-order valence-electron chi connectivity index (χ1n) is 7.18. The molecule has 1 aliphatic rings. The number of hydrogen-bond donors (Lipinski definition) is 1. The molecule has 6 nitrogen and oxygen atoms in total. The van der Waals surface area contributed by atoms with Crippen LogP contribution in [0.4, 0.5) is 11.5 Å². The summed E-state index contributed by atoms with van der Waals surface area (Å²) in [6, 6.07) is 3.21. The number of pyridine rings is 1. The minimum atomic E-state index is -0.396. The Labute approximate surface area is 119 Å². The number of aryl methyl sites for hydroxylation is 1. The minimum absolute atomic E-state index is 0.0757. The number of anilines is 1. The van der Waals surface area contributed by atoms with Gasteiger partial charge in [-0.15, -0.1) is 0 Å². The lowest BCUT2D eigenvalue weighted by Crippen LogP contribution is -2.35. The summed E-state index contributed by atoms with van der Waals surface area (Å²) in [4.78, 5) is 17.1. The molecule has 0 spiro atoms. The molecular weight excluding hydrogens is 256 g/mol. The van der Waals surface area contributed by atoms with Gasteiger partial charge in [0, 0.05) is 12.6 Å². The van der Waals surface area contributed by atoms with Crippen LogP contribution < -0.4 is 5.32 Å². The summed E-state index contributed by atoms with van der Waals surface area (Å²) in [5, 5.41) is 14.0. The Morgan fingerprint density at radius 2 is 2.15 bits per heavy atom. The normalized spacial score (nSPS) is 17.1. The quantitative estimate of drug-likeness (QED) is 0.661. The van der Waals surface area contributed by atoms with Gasteiger partial charge in [0.15, 0.2) is 0 Å². The summed E-state index contributed by atoms with van der Waals surface area (Å²) in [7, 11) is 0. The van der Waals surface area contributed by atoms with Crippen molar-refractivity contribution in [1.29, 1.82) is 0 Å². The third-order valence-electron chi connectivity index (χ3n) is 3.98. The van der Waals surface area contributed by atoms with Crippen molar-refractivity contribution in [3.63, 3.8) is 0 Å². The average molecular weight is 278 g/mol. The SMILES string of the molecule is CCN1CCC(CNc2ccc([N+](=O)[O-])c(C)n2)CC1. The van der Waals surface area contributed by atoms with Gasteiger partial charge in [-0.2, -0.15) is 0 Å². The van der Waals surface area contributed by atoms with E-state index < -0.39 is 4.92 Å². The first-order chi connectivity index (χ1) is 9.60. The van der Waals surface area contributed by atoms with Gasteiger partial charge >= 0.3 is 0 Å². The van der Waals surface area contributed by atoms with Crippen molar-refractivity contribution in [1.82, 2.24) is 9.88 Å². The van der Waals surface area contributed by atoms with Crippen LogP contribution in [0, 0.1) is 23.0 Å². The second-order valence-electron chi connectivity index (χ2n) is 5.32. The summed E-state index contributed by atoms with van der Waals surface area (Å²) in [5.74, 6) is 1.39. The molecule has 1 aromatic rings. The third kappa shape index (κ3) is 3.66. The fourth-order valence-corrected chi connectivity index (χ4v) is 2.60. The van der Waals surface area contributed by atoms with Gasteiger partial charge in [-0.05, 0) is 51.4 Å². The number of piperidine rings is 1. The highest BCUT2D eigenvalue weighted by Crippen LogP contribution is 2.20. The standard InChI is InChI=1S/C14H22N4O2/c1-3-17-8-6-12(7-9-17)10-15-14-5-4-13(18(19)20)11(2)16-14/h4-5,12H,3,6-10H2,1-2H3,(H,15,16). The molecule has 1 fully saturated rings. The lowest BCUT2D eigenvalue weighted by Gasteiger charge is -2.31. The summed E-state index contributed by atoms with van der Waals surface area (Å²) in [5.41, 5.74) is 0.535. The highest BCUT2D eigenvalue weighted by Gasteiger charge is 2.18. The number of nitrogens with one attached hydrogen (secondary N) is 1. The number of likely N-dealkylation sites (tertiary alicyclic amines) is 1. The third-order valence-corrected chi connectivity index (χ3v) is 3.98. The molecular formula is C14H22N4O2. The van der Waals surface area contributed by atoms with Crippen molar-refractivity contribution in [2.75, 3.05) is 31.5 Å². The number of nitro groups is 1. The van der Waals surface area contributed by atoms with Crippen LogP contribution in [0.2, 0.25) is 0 Å². The van der Waals surface area contributed by atoms with Crippen LogP contribution in [0.5, 0.6) is 0 Å². The van der Waals surface area contributed by atoms with Gasteiger partial charge in [0.2, 0.25) is 0 Å².